The van der Waals surface area contributed by atoms with Crippen molar-refractivity contribution in [3.05, 3.63) is 64.6 Å². The van der Waals surface area contributed by atoms with E-state index in [2.05, 4.69) is 33.1 Å². The van der Waals surface area contributed by atoms with Crippen LogP contribution in [0.1, 0.15) is 10.4 Å². The maximum atomic E-state index is 11.7. The zero-order chi connectivity index (χ0) is 14.9. The summed E-state index contributed by atoms with van der Waals surface area (Å²) in [4.78, 5) is 11.7. The zero-order valence-corrected chi connectivity index (χ0v) is 12.9. The molecule has 0 aliphatic carbocycles. The summed E-state index contributed by atoms with van der Waals surface area (Å²) in [6.45, 7) is 0.591. The molecule has 2 aromatic carbocycles. The van der Waals surface area contributed by atoms with E-state index in [4.69, 9.17) is 4.74 Å². The monoisotopic (exact) mass is 343 g/mol. The predicted octanol–water partition coefficient (Wildman–Crippen LogP) is 3.26. The highest BCUT2D eigenvalue weighted by Crippen LogP contribution is 2.17. The molecular formula is C17H14BrNO2. The van der Waals surface area contributed by atoms with Gasteiger partial charge < -0.3 is 10.1 Å². The highest BCUT2D eigenvalue weighted by Gasteiger charge is 2.01. The molecule has 0 unspecified atom stereocenters. The number of amides is 1. The van der Waals surface area contributed by atoms with Crippen molar-refractivity contribution < 1.29 is 9.53 Å². The van der Waals surface area contributed by atoms with E-state index >= 15 is 0 Å². The Labute approximate surface area is 132 Å². The average molecular weight is 344 g/mol. The molecule has 4 heteroatoms. The Bertz CT molecular complexity index is 659. The van der Waals surface area contributed by atoms with Gasteiger partial charge in [-0.25, -0.2) is 0 Å². The molecule has 0 bridgehead atoms. The second-order valence-electron chi connectivity index (χ2n) is 4.15. The Morgan fingerprint density at radius 1 is 1.10 bits per heavy atom. The Kier molecular flexibility index (Phi) is 5.86. The van der Waals surface area contributed by atoms with Crippen LogP contribution >= 0.6 is 15.9 Å². The summed E-state index contributed by atoms with van der Waals surface area (Å²) in [5, 5.41) is 2.73. The topological polar surface area (TPSA) is 38.3 Å². The Morgan fingerprint density at radius 2 is 1.90 bits per heavy atom. The van der Waals surface area contributed by atoms with Gasteiger partial charge in [0.1, 0.15) is 12.4 Å². The number of carbonyl (C=O) groups is 1. The van der Waals surface area contributed by atoms with E-state index in [1.54, 1.807) is 12.1 Å². The van der Waals surface area contributed by atoms with E-state index in [0.717, 1.165) is 10.2 Å². The van der Waals surface area contributed by atoms with Gasteiger partial charge in [-0.05, 0) is 30.3 Å². The van der Waals surface area contributed by atoms with Gasteiger partial charge in [0.2, 0.25) is 0 Å². The van der Waals surface area contributed by atoms with Gasteiger partial charge >= 0.3 is 0 Å². The normalized spacial score (nSPS) is 9.38. The van der Waals surface area contributed by atoms with Crippen molar-refractivity contribution in [1.29, 1.82) is 0 Å². The molecule has 0 atom stereocenters. The first-order valence-electron chi connectivity index (χ1n) is 6.43. The lowest BCUT2D eigenvalue weighted by atomic mass is 10.2. The third-order valence-corrected chi connectivity index (χ3v) is 3.10. The summed E-state index contributed by atoms with van der Waals surface area (Å²) in [7, 11) is 0. The van der Waals surface area contributed by atoms with Crippen LogP contribution in [-0.2, 0) is 0 Å². The minimum Gasteiger partial charge on any atom is -0.481 e. The third-order valence-electron chi connectivity index (χ3n) is 2.61. The molecule has 21 heavy (non-hydrogen) atoms. The summed E-state index contributed by atoms with van der Waals surface area (Å²) < 4.78 is 6.42. The van der Waals surface area contributed by atoms with Gasteiger partial charge in [-0.1, -0.05) is 52.0 Å². The van der Waals surface area contributed by atoms with E-state index in [1.165, 1.54) is 0 Å². The molecule has 0 spiro atoms. The van der Waals surface area contributed by atoms with E-state index < -0.39 is 0 Å². The number of halogens is 1. The van der Waals surface area contributed by atoms with Crippen LogP contribution in [0.4, 0.5) is 0 Å². The summed E-state index contributed by atoms with van der Waals surface area (Å²) in [5.41, 5.74) is 0.629. The SMILES string of the molecule is O=C(NCC#CCOc1cccc(Br)c1)c1ccccc1. The van der Waals surface area contributed by atoms with Crippen LogP contribution in [0, 0.1) is 11.8 Å². The lowest BCUT2D eigenvalue weighted by Gasteiger charge is -2.02. The largest absolute Gasteiger partial charge is 0.481 e. The van der Waals surface area contributed by atoms with E-state index in [1.807, 2.05) is 42.5 Å². The standard InChI is InChI=1S/C17H14BrNO2/c18-15-9-6-10-16(13-15)21-12-5-4-11-19-17(20)14-7-2-1-3-8-14/h1-3,6-10,13H,11-12H2,(H,19,20). The van der Waals surface area contributed by atoms with E-state index in [9.17, 15) is 4.79 Å². The smallest absolute Gasteiger partial charge is 0.252 e. The Balaban J connectivity index is 1.71. The van der Waals surface area contributed by atoms with Gasteiger partial charge in [-0.2, -0.15) is 0 Å². The van der Waals surface area contributed by atoms with Crippen molar-refractivity contribution in [1.82, 2.24) is 5.32 Å². The molecule has 0 heterocycles. The first-order valence-corrected chi connectivity index (χ1v) is 7.22. The molecule has 0 saturated carbocycles. The van der Waals surface area contributed by atoms with Crippen LogP contribution < -0.4 is 10.1 Å². The van der Waals surface area contributed by atoms with Crippen molar-refractivity contribution >= 4 is 21.8 Å². The van der Waals surface area contributed by atoms with Gasteiger partial charge in [0, 0.05) is 10.0 Å². The van der Waals surface area contributed by atoms with Crippen LogP contribution in [0.5, 0.6) is 5.75 Å². The molecule has 1 amide bonds. The van der Waals surface area contributed by atoms with Gasteiger partial charge in [0.15, 0.2) is 0 Å². The van der Waals surface area contributed by atoms with Gasteiger partial charge in [-0.15, -0.1) is 0 Å². The molecule has 0 radical (unpaired) electrons. The lowest BCUT2D eigenvalue weighted by Crippen LogP contribution is -2.23. The highest BCUT2D eigenvalue weighted by atomic mass is 79.9. The van der Waals surface area contributed by atoms with E-state index in [-0.39, 0.29) is 12.5 Å². The number of carbonyl (C=O) groups excluding carboxylic acids is 1. The first kappa shape index (κ1) is 15.1. The van der Waals surface area contributed by atoms with Crippen molar-refractivity contribution in [2.75, 3.05) is 13.2 Å². The van der Waals surface area contributed by atoms with Gasteiger partial charge in [0.25, 0.3) is 5.91 Å². The predicted molar refractivity (Wildman–Crippen MR) is 86.2 cm³/mol. The number of nitrogens with one attached hydrogen (secondary N) is 1. The second-order valence-corrected chi connectivity index (χ2v) is 5.06. The number of hydrogen-bond acceptors (Lipinski definition) is 2. The summed E-state index contributed by atoms with van der Waals surface area (Å²) >= 11 is 3.37. The fourth-order valence-electron chi connectivity index (χ4n) is 1.61. The number of rotatable bonds is 4. The average Bonchev–Trinajstić information content (AvgIpc) is 2.51. The minimum absolute atomic E-state index is 0.127. The number of hydrogen-bond donors (Lipinski definition) is 1. The molecule has 2 aromatic rings. The van der Waals surface area contributed by atoms with Crippen LogP contribution in [0.2, 0.25) is 0 Å². The molecule has 0 aromatic heterocycles. The number of benzene rings is 2. The minimum atomic E-state index is -0.127. The van der Waals surface area contributed by atoms with Crippen LogP contribution in [-0.4, -0.2) is 19.1 Å². The summed E-state index contributed by atoms with van der Waals surface area (Å²) in [6, 6.07) is 16.6. The van der Waals surface area contributed by atoms with Crippen molar-refractivity contribution in [2.24, 2.45) is 0 Å². The van der Waals surface area contributed by atoms with Crippen LogP contribution in [0.3, 0.4) is 0 Å². The fourth-order valence-corrected chi connectivity index (χ4v) is 1.98. The number of ether oxygens (including phenoxy) is 1. The fraction of sp³-hybridized carbons (Fsp3) is 0.118. The summed E-state index contributed by atoms with van der Waals surface area (Å²) in [6.07, 6.45) is 0. The molecule has 0 aliphatic heterocycles. The van der Waals surface area contributed by atoms with Crippen molar-refractivity contribution in [3.8, 4) is 17.6 Å². The summed E-state index contributed by atoms with van der Waals surface area (Å²) in [5.74, 6) is 6.34. The molecule has 1 N–H and O–H groups in total. The van der Waals surface area contributed by atoms with Crippen molar-refractivity contribution in [2.45, 2.75) is 0 Å². The Morgan fingerprint density at radius 3 is 2.67 bits per heavy atom. The van der Waals surface area contributed by atoms with E-state index in [0.29, 0.717) is 12.1 Å². The molecule has 0 fully saturated rings. The molecule has 3 nitrogen and oxygen atoms in total. The van der Waals surface area contributed by atoms with Crippen LogP contribution in [0.15, 0.2) is 59.1 Å². The maximum absolute atomic E-state index is 11.7. The van der Waals surface area contributed by atoms with Gasteiger partial charge in [0.05, 0.1) is 6.54 Å². The quantitative estimate of drug-likeness (QED) is 0.865. The molecule has 2 rings (SSSR count). The lowest BCUT2D eigenvalue weighted by molar-refractivity contribution is 0.0958. The Hall–Kier alpha value is -2.25. The van der Waals surface area contributed by atoms with Crippen LogP contribution in [0.25, 0.3) is 0 Å². The van der Waals surface area contributed by atoms with Crippen molar-refractivity contribution in [3.63, 3.8) is 0 Å². The highest BCUT2D eigenvalue weighted by molar-refractivity contribution is 9.10. The molecule has 0 aliphatic rings. The molecule has 0 saturated heterocycles. The molecule has 106 valence electrons. The van der Waals surface area contributed by atoms with Gasteiger partial charge in [-0.3, -0.25) is 4.79 Å². The first-order chi connectivity index (χ1) is 10.3. The maximum Gasteiger partial charge on any atom is 0.252 e. The third kappa shape index (κ3) is 5.33. The molecular weight excluding hydrogens is 330 g/mol. The zero-order valence-electron chi connectivity index (χ0n) is 11.3. The second kappa shape index (κ2) is 8.13.